The van der Waals surface area contributed by atoms with Crippen LogP contribution in [0.25, 0.3) is 5.76 Å². The van der Waals surface area contributed by atoms with E-state index >= 15 is 0 Å². The van der Waals surface area contributed by atoms with E-state index in [9.17, 15) is 14.7 Å². The number of aliphatic hydroxyl groups is 1. The molecule has 1 saturated heterocycles. The molecule has 1 aliphatic carbocycles. The van der Waals surface area contributed by atoms with Gasteiger partial charge in [-0.15, -0.1) is 0 Å². The van der Waals surface area contributed by atoms with Crippen molar-refractivity contribution in [2.45, 2.75) is 77.8 Å². The molecule has 1 atom stereocenters. The normalized spacial score (nSPS) is 20.7. The van der Waals surface area contributed by atoms with Crippen LogP contribution in [0.5, 0.6) is 5.75 Å². The number of carbonyl (C=O) groups is 2. The van der Waals surface area contributed by atoms with Crippen LogP contribution in [0.2, 0.25) is 0 Å². The summed E-state index contributed by atoms with van der Waals surface area (Å²) in [7, 11) is 0. The molecule has 0 bridgehead atoms. The standard InChI is InChI=1S/C29H35NO4/c1-4-17-34-24-16-15-22(18-19(24)3)27(31)25-26(21-13-11-20(5-2)12-14-21)30(29(33)28(25)32)23-9-7-6-8-10-23/h11-16,18,23,26,31H,4-10,17H2,1-3H3/b27-25-. The molecule has 5 nitrogen and oxygen atoms in total. The van der Waals surface area contributed by atoms with Gasteiger partial charge in [-0.3, -0.25) is 9.59 Å². The molecular weight excluding hydrogens is 426 g/mol. The maximum Gasteiger partial charge on any atom is 0.295 e. The zero-order valence-electron chi connectivity index (χ0n) is 20.5. The summed E-state index contributed by atoms with van der Waals surface area (Å²) in [4.78, 5) is 28.4. The van der Waals surface area contributed by atoms with Crippen molar-refractivity contribution >= 4 is 17.4 Å². The number of benzene rings is 2. The Morgan fingerprint density at radius 3 is 2.35 bits per heavy atom. The van der Waals surface area contributed by atoms with Gasteiger partial charge in [-0.1, -0.05) is 57.4 Å². The summed E-state index contributed by atoms with van der Waals surface area (Å²) < 4.78 is 5.77. The first-order valence-corrected chi connectivity index (χ1v) is 12.6. The monoisotopic (exact) mass is 461 g/mol. The molecule has 0 radical (unpaired) electrons. The van der Waals surface area contributed by atoms with Crippen molar-refractivity contribution in [2.75, 3.05) is 6.61 Å². The highest BCUT2D eigenvalue weighted by atomic mass is 16.5. The average Bonchev–Trinajstić information content (AvgIpc) is 3.13. The minimum absolute atomic E-state index is 0.0120. The van der Waals surface area contributed by atoms with Gasteiger partial charge >= 0.3 is 0 Å². The van der Waals surface area contributed by atoms with E-state index in [1.54, 1.807) is 11.0 Å². The molecule has 1 amide bonds. The first-order valence-electron chi connectivity index (χ1n) is 12.6. The Morgan fingerprint density at radius 2 is 1.74 bits per heavy atom. The molecule has 1 heterocycles. The Hall–Kier alpha value is -3.08. The zero-order chi connectivity index (χ0) is 24.2. The van der Waals surface area contributed by atoms with Gasteiger partial charge in [0.2, 0.25) is 0 Å². The zero-order valence-corrected chi connectivity index (χ0v) is 20.5. The van der Waals surface area contributed by atoms with Gasteiger partial charge in [0.05, 0.1) is 18.2 Å². The number of hydrogen-bond acceptors (Lipinski definition) is 4. The van der Waals surface area contributed by atoms with Crippen molar-refractivity contribution in [3.8, 4) is 5.75 Å². The average molecular weight is 462 g/mol. The van der Waals surface area contributed by atoms with Gasteiger partial charge < -0.3 is 14.7 Å². The molecule has 0 aromatic heterocycles. The third kappa shape index (κ3) is 4.61. The molecule has 1 aliphatic heterocycles. The van der Waals surface area contributed by atoms with Crippen LogP contribution in [-0.2, 0) is 16.0 Å². The van der Waals surface area contributed by atoms with Crippen molar-refractivity contribution in [3.05, 3.63) is 70.3 Å². The maximum atomic E-state index is 13.3. The molecule has 1 N–H and O–H groups in total. The Balaban J connectivity index is 1.80. The first-order chi connectivity index (χ1) is 16.5. The topological polar surface area (TPSA) is 66.8 Å². The van der Waals surface area contributed by atoms with E-state index in [0.717, 1.165) is 61.8 Å². The smallest absolute Gasteiger partial charge is 0.295 e. The van der Waals surface area contributed by atoms with E-state index in [2.05, 4.69) is 6.92 Å². The lowest BCUT2D eigenvalue weighted by atomic mass is 9.90. The number of ether oxygens (including phenoxy) is 1. The summed E-state index contributed by atoms with van der Waals surface area (Å²) in [5.74, 6) is -0.464. The van der Waals surface area contributed by atoms with Gasteiger partial charge in [-0.2, -0.15) is 0 Å². The summed E-state index contributed by atoms with van der Waals surface area (Å²) in [6, 6.07) is 12.9. The van der Waals surface area contributed by atoms with Crippen LogP contribution in [0.3, 0.4) is 0 Å². The maximum absolute atomic E-state index is 13.3. The Morgan fingerprint density at radius 1 is 1.03 bits per heavy atom. The molecule has 2 fully saturated rings. The van der Waals surface area contributed by atoms with Crippen molar-refractivity contribution in [3.63, 3.8) is 0 Å². The van der Waals surface area contributed by atoms with Crippen molar-refractivity contribution in [1.82, 2.24) is 4.90 Å². The van der Waals surface area contributed by atoms with Gasteiger partial charge in [0, 0.05) is 11.6 Å². The van der Waals surface area contributed by atoms with Crippen molar-refractivity contribution < 1.29 is 19.4 Å². The van der Waals surface area contributed by atoms with Crippen LogP contribution in [0, 0.1) is 6.92 Å². The highest BCUT2D eigenvalue weighted by molar-refractivity contribution is 6.46. The van der Waals surface area contributed by atoms with Crippen LogP contribution < -0.4 is 4.74 Å². The van der Waals surface area contributed by atoms with Crippen LogP contribution in [0.1, 0.15) is 80.7 Å². The molecular formula is C29H35NO4. The molecule has 1 unspecified atom stereocenters. The largest absolute Gasteiger partial charge is 0.507 e. The van der Waals surface area contributed by atoms with E-state index in [1.165, 1.54) is 5.56 Å². The number of nitrogens with zero attached hydrogens (tertiary/aromatic N) is 1. The Bertz CT molecular complexity index is 1080. The Labute approximate surface area is 202 Å². The SMILES string of the molecule is CCCOc1ccc(/C(O)=C2/C(=O)C(=O)N(C3CCCCC3)C2c2ccc(CC)cc2)cc1C. The summed E-state index contributed by atoms with van der Waals surface area (Å²) >= 11 is 0. The van der Waals surface area contributed by atoms with Gasteiger partial charge in [0.1, 0.15) is 11.5 Å². The fraction of sp³-hybridized carbons (Fsp3) is 0.448. The number of rotatable bonds is 7. The molecule has 2 aromatic rings. The minimum atomic E-state index is -0.600. The highest BCUT2D eigenvalue weighted by Crippen LogP contribution is 2.43. The van der Waals surface area contributed by atoms with E-state index < -0.39 is 17.7 Å². The van der Waals surface area contributed by atoms with Crippen LogP contribution in [-0.4, -0.2) is 34.3 Å². The third-order valence-electron chi connectivity index (χ3n) is 7.06. The van der Waals surface area contributed by atoms with Crippen LogP contribution >= 0.6 is 0 Å². The number of ketones is 1. The fourth-order valence-corrected chi connectivity index (χ4v) is 5.17. The molecule has 180 valence electrons. The number of likely N-dealkylation sites (tertiary alicyclic amines) is 1. The van der Waals surface area contributed by atoms with Gasteiger partial charge in [-0.05, 0) is 67.5 Å². The van der Waals surface area contributed by atoms with Gasteiger partial charge in [-0.25, -0.2) is 0 Å². The van der Waals surface area contributed by atoms with Crippen LogP contribution in [0.4, 0.5) is 0 Å². The quantitative estimate of drug-likeness (QED) is 0.307. The summed E-state index contributed by atoms with van der Waals surface area (Å²) in [5.41, 5.74) is 3.64. The molecule has 0 spiro atoms. The highest BCUT2D eigenvalue weighted by Gasteiger charge is 2.48. The molecule has 34 heavy (non-hydrogen) atoms. The van der Waals surface area contributed by atoms with E-state index in [1.807, 2.05) is 50.2 Å². The molecule has 1 saturated carbocycles. The number of hydrogen-bond donors (Lipinski definition) is 1. The second kappa shape index (κ2) is 10.5. The van der Waals surface area contributed by atoms with Crippen molar-refractivity contribution in [1.29, 1.82) is 0 Å². The van der Waals surface area contributed by atoms with E-state index in [0.29, 0.717) is 12.2 Å². The molecule has 2 aliphatic rings. The summed E-state index contributed by atoms with van der Waals surface area (Å²) in [5, 5.41) is 11.4. The number of aryl methyl sites for hydroxylation is 2. The predicted octanol–water partition coefficient (Wildman–Crippen LogP) is 6.10. The lowest BCUT2D eigenvalue weighted by Crippen LogP contribution is -2.40. The minimum Gasteiger partial charge on any atom is -0.507 e. The van der Waals surface area contributed by atoms with Gasteiger partial charge in [0.15, 0.2) is 0 Å². The third-order valence-corrected chi connectivity index (χ3v) is 7.06. The van der Waals surface area contributed by atoms with E-state index in [-0.39, 0.29) is 17.4 Å². The molecule has 5 heteroatoms. The summed E-state index contributed by atoms with van der Waals surface area (Å²) in [6.07, 6.45) is 6.85. The number of aliphatic hydroxyl groups excluding tert-OH is 1. The van der Waals surface area contributed by atoms with E-state index in [4.69, 9.17) is 4.74 Å². The second-order valence-electron chi connectivity index (χ2n) is 9.42. The second-order valence-corrected chi connectivity index (χ2v) is 9.42. The van der Waals surface area contributed by atoms with Crippen molar-refractivity contribution in [2.24, 2.45) is 0 Å². The molecule has 4 rings (SSSR count). The predicted molar refractivity (Wildman–Crippen MR) is 134 cm³/mol. The number of amides is 1. The Kier molecular flexibility index (Phi) is 7.40. The summed E-state index contributed by atoms with van der Waals surface area (Å²) in [6.45, 7) is 6.68. The van der Waals surface area contributed by atoms with Gasteiger partial charge in [0.25, 0.3) is 11.7 Å². The lowest BCUT2D eigenvalue weighted by Gasteiger charge is -2.35. The first kappa shape index (κ1) is 24.1. The fourth-order valence-electron chi connectivity index (χ4n) is 5.17. The lowest BCUT2D eigenvalue weighted by molar-refractivity contribution is -0.141. The van der Waals surface area contributed by atoms with Crippen LogP contribution in [0.15, 0.2) is 48.0 Å². The number of carbonyl (C=O) groups excluding carboxylic acids is 2. The molecule has 2 aromatic carbocycles. The number of Topliss-reactive ketones (excluding diaryl/α,β-unsaturated/α-hetero) is 1.